The first-order chi connectivity index (χ1) is 11.9. The number of rotatable bonds is 10. The van der Waals surface area contributed by atoms with Gasteiger partial charge in [-0.1, -0.05) is 38.8 Å². The third-order valence-corrected chi connectivity index (χ3v) is 6.22. The standard InChI is InChI=1S/C18H26N2O4S/c1-3-5-11-19(12-6-4-2)25(23,24)14-13-20-17(21)15-9-7-8-10-16(15)18(20)22/h7-10H,3-6,11-14H2,1-2H3. The fourth-order valence-electron chi connectivity index (χ4n) is 2.84. The number of carbonyl (C=O) groups is 2. The van der Waals surface area contributed by atoms with Crippen molar-refractivity contribution in [1.82, 2.24) is 9.21 Å². The summed E-state index contributed by atoms with van der Waals surface area (Å²) in [4.78, 5) is 25.7. The largest absolute Gasteiger partial charge is 0.273 e. The third kappa shape index (κ3) is 4.46. The third-order valence-electron chi connectivity index (χ3n) is 4.37. The molecule has 0 N–H and O–H groups in total. The van der Waals surface area contributed by atoms with Crippen LogP contribution in [0.5, 0.6) is 0 Å². The van der Waals surface area contributed by atoms with Crippen molar-refractivity contribution in [3.63, 3.8) is 0 Å². The molecule has 0 aliphatic carbocycles. The van der Waals surface area contributed by atoms with E-state index in [-0.39, 0.29) is 12.3 Å². The Morgan fingerprint density at radius 2 is 1.40 bits per heavy atom. The van der Waals surface area contributed by atoms with E-state index >= 15 is 0 Å². The molecule has 1 aromatic rings. The molecule has 1 aromatic carbocycles. The number of fused-ring (bicyclic) bond motifs is 1. The van der Waals surface area contributed by atoms with Crippen LogP contribution in [0.1, 0.15) is 60.2 Å². The molecule has 0 fully saturated rings. The minimum atomic E-state index is -3.50. The first-order valence-corrected chi connectivity index (χ1v) is 10.5. The molecule has 0 unspecified atom stereocenters. The molecule has 0 saturated heterocycles. The number of sulfonamides is 1. The van der Waals surface area contributed by atoms with Crippen molar-refractivity contribution >= 4 is 21.8 Å². The van der Waals surface area contributed by atoms with Gasteiger partial charge in [0, 0.05) is 19.6 Å². The van der Waals surface area contributed by atoms with Crippen LogP contribution in [0, 0.1) is 0 Å². The summed E-state index contributed by atoms with van der Waals surface area (Å²) in [5.74, 6) is -1.06. The van der Waals surface area contributed by atoms with E-state index < -0.39 is 21.8 Å². The number of benzene rings is 1. The highest BCUT2D eigenvalue weighted by Crippen LogP contribution is 2.22. The van der Waals surface area contributed by atoms with E-state index in [1.165, 1.54) is 4.31 Å². The molecular formula is C18H26N2O4S. The smallest absolute Gasteiger partial charge is 0.261 e. The first kappa shape index (κ1) is 19.6. The zero-order chi connectivity index (χ0) is 18.4. The summed E-state index contributed by atoms with van der Waals surface area (Å²) < 4.78 is 26.8. The lowest BCUT2D eigenvalue weighted by Crippen LogP contribution is -2.40. The van der Waals surface area contributed by atoms with Gasteiger partial charge in [0.1, 0.15) is 0 Å². The second-order valence-corrected chi connectivity index (χ2v) is 8.32. The maximum absolute atomic E-state index is 12.7. The van der Waals surface area contributed by atoms with Crippen molar-refractivity contribution in [2.24, 2.45) is 0 Å². The number of hydrogen-bond acceptors (Lipinski definition) is 4. The highest BCUT2D eigenvalue weighted by Gasteiger charge is 2.36. The molecule has 25 heavy (non-hydrogen) atoms. The zero-order valence-electron chi connectivity index (χ0n) is 14.9. The lowest BCUT2D eigenvalue weighted by Gasteiger charge is -2.23. The second-order valence-electron chi connectivity index (χ2n) is 6.23. The number of nitrogens with zero attached hydrogens (tertiary/aromatic N) is 2. The molecule has 0 spiro atoms. The van der Waals surface area contributed by atoms with Crippen molar-refractivity contribution in [3.8, 4) is 0 Å². The van der Waals surface area contributed by atoms with Crippen LogP contribution >= 0.6 is 0 Å². The minimum absolute atomic E-state index is 0.108. The molecule has 1 aliphatic heterocycles. The van der Waals surface area contributed by atoms with Crippen LogP contribution in [0.2, 0.25) is 0 Å². The molecule has 1 aliphatic rings. The highest BCUT2D eigenvalue weighted by molar-refractivity contribution is 7.89. The van der Waals surface area contributed by atoms with Gasteiger partial charge in [-0.05, 0) is 25.0 Å². The predicted octanol–water partition coefficient (Wildman–Crippen LogP) is 2.51. The van der Waals surface area contributed by atoms with Crippen molar-refractivity contribution in [2.45, 2.75) is 39.5 Å². The molecule has 0 bridgehead atoms. The Balaban J connectivity index is 2.06. The van der Waals surface area contributed by atoms with Crippen LogP contribution in [0.15, 0.2) is 24.3 Å². The molecule has 138 valence electrons. The van der Waals surface area contributed by atoms with Gasteiger partial charge in [0.15, 0.2) is 0 Å². The van der Waals surface area contributed by atoms with E-state index in [9.17, 15) is 18.0 Å². The van der Waals surface area contributed by atoms with Gasteiger partial charge in [0.2, 0.25) is 10.0 Å². The lowest BCUT2D eigenvalue weighted by atomic mass is 10.1. The Kier molecular flexibility index (Phi) is 6.72. The average Bonchev–Trinajstić information content (AvgIpc) is 2.84. The predicted molar refractivity (Wildman–Crippen MR) is 97.0 cm³/mol. The summed E-state index contributed by atoms with van der Waals surface area (Å²) in [6.07, 6.45) is 3.43. The molecule has 0 radical (unpaired) electrons. The van der Waals surface area contributed by atoms with Gasteiger partial charge in [-0.2, -0.15) is 0 Å². The van der Waals surface area contributed by atoms with Crippen molar-refractivity contribution < 1.29 is 18.0 Å². The summed E-state index contributed by atoms with van der Waals surface area (Å²) in [5.41, 5.74) is 0.692. The van der Waals surface area contributed by atoms with Gasteiger partial charge in [0.05, 0.1) is 16.9 Å². The fourth-order valence-corrected chi connectivity index (χ4v) is 4.32. The summed E-state index contributed by atoms with van der Waals surface area (Å²) in [7, 11) is -3.50. The van der Waals surface area contributed by atoms with Gasteiger partial charge in [0.25, 0.3) is 11.8 Å². The number of carbonyl (C=O) groups excluding carboxylic acids is 2. The summed E-state index contributed by atoms with van der Waals surface area (Å²) >= 11 is 0. The molecule has 1 heterocycles. The maximum atomic E-state index is 12.7. The Hall–Kier alpha value is -1.73. The molecule has 2 amide bonds. The van der Waals surface area contributed by atoms with Gasteiger partial charge < -0.3 is 0 Å². The van der Waals surface area contributed by atoms with Crippen molar-refractivity contribution in [3.05, 3.63) is 35.4 Å². The van der Waals surface area contributed by atoms with E-state index in [4.69, 9.17) is 0 Å². The zero-order valence-corrected chi connectivity index (χ0v) is 15.7. The van der Waals surface area contributed by atoms with Crippen LogP contribution in [0.4, 0.5) is 0 Å². The molecule has 0 aromatic heterocycles. The van der Waals surface area contributed by atoms with Crippen LogP contribution < -0.4 is 0 Å². The normalized spacial score (nSPS) is 14.4. The molecule has 6 nitrogen and oxygen atoms in total. The fraction of sp³-hybridized carbons (Fsp3) is 0.556. The lowest BCUT2D eigenvalue weighted by molar-refractivity contribution is 0.0664. The van der Waals surface area contributed by atoms with E-state index in [1.807, 2.05) is 13.8 Å². The topological polar surface area (TPSA) is 74.8 Å². The Labute approximate surface area is 149 Å². The monoisotopic (exact) mass is 366 g/mol. The highest BCUT2D eigenvalue weighted by atomic mass is 32.2. The van der Waals surface area contributed by atoms with Gasteiger partial charge in [-0.3, -0.25) is 14.5 Å². The Morgan fingerprint density at radius 3 is 1.84 bits per heavy atom. The maximum Gasteiger partial charge on any atom is 0.261 e. The van der Waals surface area contributed by atoms with E-state index in [2.05, 4.69) is 0 Å². The summed E-state index contributed by atoms with van der Waals surface area (Å²) in [5, 5.41) is 0. The summed E-state index contributed by atoms with van der Waals surface area (Å²) in [6, 6.07) is 6.58. The van der Waals surface area contributed by atoms with Crippen LogP contribution in [-0.2, 0) is 10.0 Å². The van der Waals surface area contributed by atoms with Crippen LogP contribution in [0.3, 0.4) is 0 Å². The second kappa shape index (κ2) is 8.58. The molecule has 0 saturated carbocycles. The van der Waals surface area contributed by atoms with E-state index in [0.29, 0.717) is 24.2 Å². The minimum Gasteiger partial charge on any atom is -0.273 e. The van der Waals surface area contributed by atoms with E-state index in [0.717, 1.165) is 30.6 Å². The number of imide groups is 1. The Morgan fingerprint density at radius 1 is 0.920 bits per heavy atom. The molecule has 7 heteroatoms. The van der Waals surface area contributed by atoms with Crippen LogP contribution in [-0.4, -0.2) is 54.8 Å². The van der Waals surface area contributed by atoms with Gasteiger partial charge >= 0.3 is 0 Å². The van der Waals surface area contributed by atoms with Crippen molar-refractivity contribution in [1.29, 1.82) is 0 Å². The quantitative estimate of drug-likeness (QED) is 0.596. The van der Waals surface area contributed by atoms with Crippen molar-refractivity contribution in [2.75, 3.05) is 25.4 Å². The van der Waals surface area contributed by atoms with E-state index in [1.54, 1.807) is 24.3 Å². The van der Waals surface area contributed by atoms with Gasteiger partial charge in [-0.15, -0.1) is 0 Å². The number of unbranched alkanes of at least 4 members (excludes halogenated alkanes) is 2. The average molecular weight is 366 g/mol. The van der Waals surface area contributed by atoms with Gasteiger partial charge in [-0.25, -0.2) is 12.7 Å². The Bertz CT molecular complexity index is 687. The number of amides is 2. The first-order valence-electron chi connectivity index (χ1n) is 8.85. The molecular weight excluding hydrogens is 340 g/mol. The SMILES string of the molecule is CCCCN(CCCC)S(=O)(=O)CCN1C(=O)c2ccccc2C1=O. The number of hydrogen-bond donors (Lipinski definition) is 0. The van der Waals surface area contributed by atoms with Crippen LogP contribution in [0.25, 0.3) is 0 Å². The molecule has 2 rings (SSSR count). The summed E-state index contributed by atoms with van der Waals surface area (Å²) in [6.45, 7) is 4.90. The molecule has 0 atom stereocenters.